The van der Waals surface area contributed by atoms with E-state index in [1.54, 1.807) is 24.3 Å². The number of pyridine rings is 1. The maximum Gasteiger partial charge on any atom is 0.372 e. The summed E-state index contributed by atoms with van der Waals surface area (Å²) in [5.41, 5.74) is 0.222. The number of hydrogen-bond donors (Lipinski definition) is 1. The normalized spacial score (nSPS) is 9.29. The van der Waals surface area contributed by atoms with Crippen molar-refractivity contribution in [2.24, 2.45) is 0 Å². The predicted molar refractivity (Wildman–Crippen MR) is 76.1 cm³/mol. The largest absolute Gasteiger partial charge is 0.619 e. The number of nitrogens with zero attached hydrogens (tertiary/aromatic N) is 1. The smallest absolute Gasteiger partial charge is 0.372 e. The van der Waals surface area contributed by atoms with Crippen molar-refractivity contribution in [2.75, 3.05) is 6.61 Å². The molecule has 0 saturated heterocycles. The summed E-state index contributed by atoms with van der Waals surface area (Å²) in [6.07, 6.45) is 2.81. The summed E-state index contributed by atoms with van der Waals surface area (Å²) in [5.74, 6) is -0.201. The monoisotopic (exact) mass is 311 g/mol. The molecule has 112 valence electrons. The lowest BCUT2D eigenvalue weighted by Gasteiger charge is -2.00. The molecule has 0 bridgehead atoms. The van der Waals surface area contributed by atoms with Crippen LogP contribution in [0.5, 0.6) is 5.75 Å². The second kappa shape index (κ2) is 8.78. The van der Waals surface area contributed by atoms with E-state index in [-0.39, 0.29) is 5.56 Å². The molecular weight excluding hydrogens is 298 g/mol. The zero-order chi connectivity index (χ0) is 15.7. The molecule has 2 rings (SSSR count). The summed E-state index contributed by atoms with van der Waals surface area (Å²) in [4.78, 5) is 14.1. The molecule has 6 nitrogen and oxygen atoms in total. The number of benzene rings is 1. The number of carbonyl (C=O) groups is 1. The van der Waals surface area contributed by atoms with Crippen LogP contribution in [0.15, 0.2) is 48.8 Å². The molecule has 7 heteroatoms. The summed E-state index contributed by atoms with van der Waals surface area (Å²) >= 11 is 5.56. The summed E-state index contributed by atoms with van der Waals surface area (Å²) in [6, 6.07) is 9.50. The molecule has 1 heterocycles. The second-order valence-corrected chi connectivity index (χ2v) is 4.16. The number of halogens is 1. The third kappa shape index (κ3) is 6.11. The van der Waals surface area contributed by atoms with Crippen molar-refractivity contribution in [3.8, 4) is 5.75 Å². The van der Waals surface area contributed by atoms with Crippen LogP contribution in [0, 0.1) is 5.21 Å². The van der Waals surface area contributed by atoms with E-state index in [0.29, 0.717) is 22.1 Å². The van der Waals surface area contributed by atoms with Gasteiger partial charge in [-0.05, 0) is 31.2 Å². The van der Waals surface area contributed by atoms with Gasteiger partial charge in [-0.3, -0.25) is 4.89 Å². The minimum Gasteiger partial charge on any atom is -0.619 e. The Morgan fingerprint density at radius 1 is 1.38 bits per heavy atom. The molecule has 0 aliphatic heterocycles. The zero-order valence-corrected chi connectivity index (χ0v) is 12.0. The number of carbonyl (C=O) groups excluding carboxylic acids is 1. The van der Waals surface area contributed by atoms with Crippen LogP contribution in [-0.4, -0.2) is 17.8 Å². The third-order valence-corrected chi connectivity index (χ3v) is 2.44. The van der Waals surface area contributed by atoms with Gasteiger partial charge in [0.2, 0.25) is 6.20 Å². The van der Waals surface area contributed by atoms with Crippen LogP contribution >= 0.6 is 11.6 Å². The molecule has 1 aromatic heterocycles. The quantitative estimate of drug-likeness (QED) is 0.408. The van der Waals surface area contributed by atoms with E-state index in [2.05, 4.69) is 4.89 Å². The molecule has 0 fully saturated rings. The van der Waals surface area contributed by atoms with Gasteiger partial charge in [0.15, 0.2) is 11.9 Å². The third-order valence-electron chi connectivity index (χ3n) is 2.20. The standard InChI is InChI=1S/C7H5ClO3.C7H9NO2/c8-6-3-1-2-5(4-6)7(9)11-10;1-2-10-7-4-3-5-8(9)6-7/h1-4,10H;3-6H,2H2,1H3. The lowest BCUT2D eigenvalue weighted by Crippen LogP contribution is -2.23. The van der Waals surface area contributed by atoms with E-state index in [1.165, 1.54) is 24.5 Å². The lowest BCUT2D eigenvalue weighted by atomic mass is 10.2. The van der Waals surface area contributed by atoms with Crippen molar-refractivity contribution in [1.82, 2.24) is 0 Å². The van der Waals surface area contributed by atoms with E-state index < -0.39 is 5.97 Å². The molecule has 0 amide bonds. The number of rotatable bonds is 3. The first-order valence-corrected chi connectivity index (χ1v) is 6.37. The van der Waals surface area contributed by atoms with Gasteiger partial charge in [-0.1, -0.05) is 17.7 Å². The average Bonchev–Trinajstić information content (AvgIpc) is 2.47. The van der Waals surface area contributed by atoms with Gasteiger partial charge >= 0.3 is 5.97 Å². The number of ether oxygens (including phenoxy) is 1. The number of hydrogen-bond acceptors (Lipinski definition) is 5. The first-order valence-electron chi connectivity index (χ1n) is 5.99. The zero-order valence-electron chi connectivity index (χ0n) is 11.2. The Bertz CT molecular complexity index is 591. The molecule has 0 atom stereocenters. The Morgan fingerprint density at radius 2 is 2.14 bits per heavy atom. The summed E-state index contributed by atoms with van der Waals surface area (Å²) in [6.45, 7) is 2.46. The molecule has 1 N–H and O–H groups in total. The fraction of sp³-hybridized carbons (Fsp3) is 0.143. The highest BCUT2D eigenvalue weighted by Gasteiger charge is 2.05. The van der Waals surface area contributed by atoms with E-state index in [4.69, 9.17) is 21.6 Å². The fourth-order valence-electron chi connectivity index (χ4n) is 1.35. The van der Waals surface area contributed by atoms with E-state index in [0.717, 1.165) is 0 Å². The van der Waals surface area contributed by atoms with Gasteiger partial charge in [0.05, 0.1) is 12.2 Å². The Labute approximate surface area is 126 Å². The summed E-state index contributed by atoms with van der Waals surface area (Å²) in [5, 5.41) is 19.0. The minimum atomic E-state index is -0.813. The maximum atomic E-state index is 10.6. The summed E-state index contributed by atoms with van der Waals surface area (Å²) < 4.78 is 5.78. The van der Waals surface area contributed by atoms with Crippen LogP contribution in [0.4, 0.5) is 0 Å². The molecule has 0 aliphatic carbocycles. The van der Waals surface area contributed by atoms with Crippen molar-refractivity contribution >= 4 is 17.6 Å². The van der Waals surface area contributed by atoms with Crippen LogP contribution in [0.2, 0.25) is 5.02 Å². The molecule has 0 saturated carbocycles. The molecule has 0 spiro atoms. The minimum absolute atomic E-state index is 0.222. The molecular formula is C14H14ClNO5. The van der Waals surface area contributed by atoms with E-state index in [1.807, 2.05) is 6.92 Å². The molecule has 0 aliphatic rings. The Hall–Kier alpha value is -2.31. The van der Waals surface area contributed by atoms with Crippen molar-refractivity contribution in [2.45, 2.75) is 6.92 Å². The highest BCUT2D eigenvalue weighted by Crippen LogP contribution is 2.10. The second-order valence-electron chi connectivity index (χ2n) is 3.72. The highest BCUT2D eigenvalue weighted by molar-refractivity contribution is 6.30. The van der Waals surface area contributed by atoms with E-state index in [9.17, 15) is 10.0 Å². The molecule has 0 unspecified atom stereocenters. The lowest BCUT2D eigenvalue weighted by molar-refractivity contribution is -0.605. The van der Waals surface area contributed by atoms with Crippen molar-refractivity contribution < 1.29 is 24.4 Å². The molecule has 0 radical (unpaired) electrons. The van der Waals surface area contributed by atoms with Gasteiger partial charge in [-0.2, -0.15) is 9.99 Å². The van der Waals surface area contributed by atoms with Gasteiger partial charge in [-0.15, -0.1) is 0 Å². The predicted octanol–water partition coefficient (Wildman–Crippen LogP) is 2.69. The topological polar surface area (TPSA) is 82.7 Å². The SMILES string of the molecule is CCOc1ccc[n+]([O-])c1.O=C(OO)c1cccc(Cl)c1. The molecule has 21 heavy (non-hydrogen) atoms. The van der Waals surface area contributed by atoms with Gasteiger partial charge in [-0.25, -0.2) is 4.79 Å². The number of aromatic nitrogens is 1. The van der Waals surface area contributed by atoms with Crippen molar-refractivity contribution in [3.05, 3.63) is 64.6 Å². The highest BCUT2D eigenvalue weighted by atomic mass is 35.5. The average molecular weight is 312 g/mol. The molecule has 2 aromatic rings. The van der Waals surface area contributed by atoms with Gasteiger partial charge < -0.3 is 9.94 Å². The van der Waals surface area contributed by atoms with Crippen LogP contribution in [0.25, 0.3) is 0 Å². The first kappa shape index (κ1) is 16.7. The van der Waals surface area contributed by atoms with Gasteiger partial charge in [0, 0.05) is 11.1 Å². The Balaban J connectivity index is 0.000000211. The van der Waals surface area contributed by atoms with Gasteiger partial charge in [0.25, 0.3) is 0 Å². The van der Waals surface area contributed by atoms with Crippen molar-refractivity contribution in [1.29, 1.82) is 0 Å². The van der Waals surface area contributed by atoms with Crippen LogP contribution < -0.4 is 9.47 Å². The first-order chi connectivity index (χ1) is 10.1. The maximum absolute atomic E-state index is 10.6. The van der Waals surface area contributed by atoms with Gasteiger partial charge in [0.1, 0.15) is 0 Å². The molecule has 1 aromatic carbocycles. The Kier molecular flexibility index (Phi) is 7.00. The Morgan fingerprint density at radius 3 is 2.71 bits per heavy atom. The van der Waals surface area contributed by atoms with Crippen molar-refractivity contribution in [3.63, 3.8) is 0 Å². The summed E-state index contributed by atoms with van der Waals surface area (Å²) in [7, 11) is 0. The van der Waals surface area contributed by atoms with E-state index >= 15 is 0 Å². The fourth-order valence-corrected chi connectivity index (χ4v) is 1.54. The van der Waals surface area contributed by atoms with Crippen LogP contribution in [0.1, 0.15) is 17.3 Å². The van der Waals surface area contributed by atoms with Crippen LogP contribution in [-0.2, 0) is 4.89 Å². The van der Waals surface area contributed by atoms with Crippen LogP contribution in [0.3, 0.4) is 0 Å².